The maximum Gasteiger partial charge on any atom is 0.0237 e. The standard InChI is InChI=1S/C18H28N2/c1-2-19-11-17-5-3-4-6-18(17)14-20(12-15-7-8-15)13-16-9-10-16/h3-6,15-16,19H,2,7-14H2,1H3. The van der Waals surface area contributed by atoms with Crippen LogP contribution in [-0.2, 0) is 13.1 Å². The van der Waals surface area contributed by atoms with Crippen molar-refractivity contribution in [3.8, 4) is 0 Å². The van der Waals surface area contributed by atoms with E-state index in [1.165, 1.54) is 49.9 Å². The molecule has 0 atom stereocenters. The molecular formula is C18H28N2. The second kappa shape index (κ2) is 6.73. The molecule has 2 aliphatic rings. The molecule has 1 N–H and O–H groups in total. The van der Waals surface area contributed by atoms with Gasteiger partial charge in [0.1, 0.15) is 0 Å². The van der Waals surface area contributed by atoms with E-state index in [2.05, 4.69) is 41.4 Å². The number of hydrogen-bond donors (Lipinski definition) is 1. The Labute approximate surface area is 123 Å². The van der Waals surface area contributed by atoms with Crippen LogP contribution in [0.3, 0.4) is 0 Å². The molecule has 2 fully saturated rings. The number of hydrogen-bond acceptors (Lipinski definition) is 2. The molecule has 0 aromatic heterocycles. The Hall–Kier alpha value is -0.860. The molecule has 1 aromatic carbocycles. The molecule has 0 unspecified atom stereocenters. The Bertz CT molecular complexity index is 407. The SMILES string of the molecule is CCNCc1ccccc1CN(CC1CC1)CC1CC1. The van der Waals surface area contributed by atoms with Crippen LogP contribution in [0.2, 0.25) is 0 Å². The third kappa shape index (κ3) is 4.32. The van der Waals surface area contributed by atoms with E-state index in [4.69, 9.17) is 0 Å². The second-order valence-corrected chi connectivity index (χ2v) is 6.63. The summed E-state index contributed by atoms with van der Waals surface area (Å²) in [5, 5.41) is 3.47. The third-order valence-corrected chi connectivity index (χ3v) is 4.50. The van der Waals surface area contributed by atoms with Gasteiger partial charge in [-0.3, -0.25) is 4.90 Å². The molecule has 1 aromatic rings. The summed E-state index contributed by atoms with van der Waals surface area (Å²) in [6.07, 6.45) is 5.83. The van der Waals surface area contributed by atoms with E-state index in [1.54, 1.807) is 0 Å². The highest BCUT2D eigenvalue weighted by molar-refractivity contribution is 5.27. The molecule has 20 heavy (non-hydrogen) atoms. The molecule has 0 radical (unpaired) electrons. The zero-order valence-corrected chi connectivity index (χ0v) is 12.8. The largest absolute Gasteiger partial charge is 0.313 e. The minimum atomic E-state index is 0.995. The quantitative estimate of drug-likeness (QED) is 0.741. The molecule has 2 saturated carbocycles. The summed E-state index contributed by atoms with van der Waals surface area (Å²) in [5.74, 6) is 1.99. The lowest BCUT2D eigenvalue weighted by atomic mass is 10.1. The van der Waals surface area contributed by atoms with Crippen LogP contribution in [0.15, 0.2) is 24.3 Å². The van der Waals surface area contributed by atoms with Crippen LogP contribution in [0.1, 0.15) is 43.7 Å². The number of nitrogens with zero attached hydrogens (tertiary/aromatic N) is 1. The van der Waals surface area contributed by atoms with Crippen molar-refractivity contribution in [1.82, 2.24) is 10.2 Å². The van der Waals surface area contributed by atoms with E-state index in [9.17, 15) is 0 Å². The minimum Gasteiger partial charge on any atom is -0.313 e. The first-order valence-electron chi connectivity index (χ1n) is 8.35. The monoisotopic (exact) mass is 272 g/mol. The van der Waals surface area contributed by atoms with Crippen LogP contribution < -0.4 is 5.32 Å². The highest BCUT2D eigenvalue weighted by Crippen LogP contribution is 2.34. The Morgan fingerprint density at radius 1 is 1.00 bits per heavy atom. The van der Waals surface area contributed by atoms with Gasteiger partial charge in [0.05, 0.1) is 0 Å². The maximum atomic E-state index is 3.47. The van der Waals surface area contributed by atoms with Gasteiger partial charge >= 0.3 is 0 Å². The lowest BCUT2D eigenvalue weighted by molar-refractivity contribution is 0.243. The summed E-state index contributed by atoms with van der Waals surface area (Å²) in [7, 11) is 0. The molecule has 0 saturated heterocycles. The topological polar surface area (TPSA) is 15.3 Å². The molecule has 3 rings (SSSR count). The van der Waals surface area contributed by atoms with Gasteiger partial charge < -0.3 is 5.32 Å². The van der Waals surface area contributed by atoms with Gasteiger partial charge in [0.2, 0.25) is 0 Å². The Morgan fingerprint density at radius 2 is 1.60 bits per heavy atom. The second-order valence-electron chi connectivity index (χ2n) is 6.63. The molecule has 0 spiro atoms. The lowest BCUT2D eigenvalue weighted by Crippen LogP contribution is -2.28. The van der Waals surface area contributed by atoms with Crippen LogP contribution in [0.4, 0.5) is 0 Å². The summed E-state index contributed by atoms with van der Waals surface area (Å²) in [6, 6.07) is 8.96. The number of benzene rings is 1. The van der Waals surface area contributed by atoms with E-state index in [0.29, 0.717) is 0 Å². The molecule has 0 aliphatic heterocycles. The number of rotatable bonds is 9. The van der Waals surface area contributed by atoms with Gasteiger partial charge in [-0.1, -0.05) is 31.2 Å². The Balaban J connectivity index is 1.62. The van der Waals surface area contributed by atoms with Gasteiger partial charge in [0, 0.05) is 26.2 Å². The first-order valence-corrected chi connectivity index (χ1v) is 8.35. The molecule has 0 bridgehead atoms. The smallest absolute Gasteiger partial charge is 0.0237 e. The fourth-order valence-electron chi connectivity index (χ4n) is 2.92. The van der Waals surface area contributed by atoms with E-state index in [-0.39, 0.29) is 0 Å². The highest BCUT2D eigenvalue weighted by atomic mass is 15.1. The van der Waals surface area contributed by atoms with Crippen molar-refractivity contribution in [3.63, 3.8) is 0 Å². The van der Waals surface area contributed by atoms with Gasteiger partial charge in [-0.25, -0.2) is 0 Å². The highest BCUT2D eigenvalue weighted by Gasteiger charge is 2.29. The number of nitrogens with one attached hydrogen (secondary N) is 1. The van der Waals surface area contributed by atoms with E-state index in [0.717, 1.165) is 31.5 Å². The molecular weight excluding hydrogens is 244 g/mol. The molecule has 2 heteroatoms. The van der Waals surface area contributed by atoms with Crippen molar-refractivity contribution in [2.45, 2.75) is 45.7 Å². The van der Waals surface area contributed by atoms with E-state index < -0.39 is 0 Å². The first-order chi connectivity index (χ1) is 9.85. The molecule has 110 valence electrons. The first kappa shape index (κ1) is 14.1. The van der Waals surface area contributed by atoms with Crippen LogP contribution >= 0.6 is 0 Å². The van der Waals surface area contributed by atoms with Gasteiger partial charge in [-0.2, -0.15) is 0 Å². The van der Waals surface area contributed by atoms with E-state index in [1.807, 2.05) is 0 Å². The zero-order chi connectivity index (χ0) is 13.8. The van der Waals surface area contributed by atoms with Crippen LogP contribution in [0.25, 0.3) is 0 Å². The van der Waals surface area contributed by atoms with Crippen LogP contribution in [0.5, 0.6) is 0 Å². The fraction of sp³-hybridized carbons (Fsp3) is 0.667. The van der Waals surface area contributed by atoms with Gasteiger partial charge in [-0.15, -0.1) is 0 Å². The average molecular weight is 272 g/mol. The van der Waals surface area contributed by atoms with Crippen molar-refractivity contribution in [3.05, 3.63) is 35.4 Å². The maximum absolute atomic E-state index is 3.47. The van der Waals surface area contributed by atoms with Crippen LogP contribution in [0, 0.1) is 11.8 Å². The fourth-order valence-corrected chi connectivity index (χ4v) is 2.92. The van der Waals surface area contributed by atoms with Crippen molar-refractivity contribution in [2.75, 3.05) is 19.6 Å². The Morgan fingerprint density at radius 3 is 2.15 bits per heavy atom. The van der Waals surface area contributed by atoms with Crippen LogP contribution in [-0.4, -0.2) is 24.5 Å². The zero-order valence-electron chi connectivity index (χ0n) is 12.8. The van der Waals surface area contributed by atoms with Crippen molar-refractivity contribution >= 4 is 0 Å². The predicted molar refractivity (Wildman–Crippen MR) is 84.5 cm³/mol. The van der Waals surface area contributed by atoms with Gasteiger partial charge in [-0.05, 0) is 55.2 Å². The lowest BCUT2D eigenvalue weighted by Gasteiger charge is -2.23. The Kier molecular flexibility index (Phi) is 4.74. The molecule has 0 heterocycles. The van der Waals surface area contributed by atoms with Crippen molar-refractivity contribution < 1.29 is 0 Å². The van der Waals surface area contributed by atoms with Gasteiger partial charge in [0.15, 0.2) is 0 Å². The normalized spacial score (nSPS) is 18.7. The summed E-state index contributed by atoms with van der Waals surface area (Å²) >= 11 is 0. The summed E-state index contributed by atoms with van der Waals surface area (Å²) < 4.78 is 0. The molecule has 2 aliphatic carbocycles. The van der Waals surface area contributed by atoms with E-state index >= 15 is 0 Å². The predicted octanol–water partition coefficient (Wildman–Crippen LogP) is 3.42. The summed E-state index contributed by atoms with van der Waals surface area (Å²) in [6.45, 7) is 8.03. The van der Waals surface area contributed by atoms with Crippen molar-refractivity contribution in [1.29, 1.82) is 0 Å². The minimum absolute atomic E-state index is 0.995. The van der Waals surface area contributed by atoms with Gasteiger partial charge in [0.25, 0.3) is 0 Å². The summed E-state index contributed by atoms with van der Waals surface area (Å²) in [4.78, 5) is 2.72. The third-order valence-electron chi connectivity index (χ3n) is 4.50. The molecule has 0 amide bonds. The molecule has 2 nitrogen and oxygen atoms in total. The summed E-state index contributed by atoms with van der Waals surface area (Å²) in [5.41, 5.74) is 3.00. The van der Waals surface area contributed by atoms with Crippen molar-refractivity contribution in [2.24, 2.45) is 11.8 Å². The average Bonchev–Trinajstić information content (AvgIpc) is 3.34.